The van der Waals surface area contributed by atoms with Crippen LogP contribution in [0.15, 0.2) is 74.0 Å². The predicted octanol–water partition coefficient (Wildman–Crippen LogP) is 5.51. The van der Waals surface area contributed by atoms with Crippen LogP contribution in [0.5, 0.6) is 5.75 Å². The highest BCUT2D eigenvalue weighted by atomic mass is 35.5. The van der Waals surface area contributed by atoms with Gasteiger partial charge in [0.1, 0.15) is 23.3 Å². The van der Waals surface area contributed by atoms with Crippen LogP contribution in [0.25, 0.3) is 17.4 Å². The van der Waals surface area contributed by atoms with Crippen LogP contribution >= 0.6 is 22.9 Å². The zero-order valence-corrected chi connectivity index (χ0v) is 25.5. The average Bonchev–Trinajstić information content (AvgIpc) is 3.56. The molecule has 222 valence electrons. The first-order valence-corrected chi connectivity index (χ1v) is 14.9. The van der Waals surface area contributed by atoms with Gasteiger partial charge in [0, 0.05) is 22.2 Å². The first kappa shape index (κ1) is 30.1. The molecule has 1 aliphatic rings. The summed E-state index contributed by atoms with van der Waals surface area (Å²) in [6.45, 7) is 5.68. The van der Waals surface area contributed by atoms with Gasteiger partial charge in [-0.3, -0.25) is 9.36 Å². The maximum absolute atomic E-state index is 14.0. The van der Waals surface area contributed by atoms with E-state index in [9.17, 15) is 19.5 Å². The summed E-state index contributed by atoms with van der Waals surface area (Å²) < 4.78 is 19.0. The smallest absolute Gasteiger partial charge is 0.338 e. The normalized spacial score (nSPS) is 14.8. The summed E-state index contributed by atoms with van der Waals surface area (Å²) in [6, 6.07) is 12.5. The van der Waals surface area contributed by atoms with E-state index in [0.29, 0.717) is 49.3 Å². The fourth-order valence-corrected chi connectivity index (χ4v) is 6.29. The number of nitrogens with zero attached hydrogens (tertiary/aromatic N) is 2. The number of ether oxygens (including phenoxy) is 2. The van der Waals surface area contributed by atoms with Gasteiger partial charge < -0.3 is 19.0 Å². The van der Waals surface area contributed by atoms with Crippen molar-refractivity contribution < 1.29 is 28.6 Å². The Bertz CT molecular complexity index is 1950. The maximum atomic E-state index is 14.0. The lowest BCUT2D eigenvalue weighted by molar-refractivity contribution is -0.139. The fourth-order valence-electron chi connectivity index (χ4n) is 5.11. The number of rotatable bonds is 9. The Morgan fingerprint density at radius 3 is 2.63 bits per heavy atom. The summed E-state index contributed by atoms with van der Waals surface area (Å²) >= 11 is 7.59. The number of hydrogen-bond donors (Lipinski definition) is 1. The molecule has 0 radical (unpaired) electrons. The van der Waals surface area contributed by atoms with Crippen molar-refractivity contribution in [1.29, 1.82) is 0 Å². The highest BCUT2D eigenvalue weighted by Gasteiger charge is 2.36. The van der Waals surface area contributed by atoms with Crippen molar-refractivity contribution in [3.8, 4) is 17.1 Å². The van der Waals surface area contributed by atoms with Gasteiger partial charge >= 0.3 is 11.9 Å². The Balaban J connectivity index is 1.68. The van der Waals surface area contributed by atoms with Crippen molar-refractivity contribution in [3.05, 3.63) is 107 Å². The van der Waals surface area contributed by atoms with Crippen molar-refractivity contribution in [2.24, 2.45) is 4.99 Å². The highest BCUT2D eigenvalue weighted by molar-refractivity contribution is 7.07. The van der Waals surface area contributed by atoms with Crippen LogP contribution in [0.1, 0.15) is 60.0 Å². The first-order chi connectivity index (χ1) is 20.7. The number of carboxylic acids is 1. The second-order valence-corrected chi connectivity index (χ2v) is 11.3. The highest BCUT2D eigenvalue weighted by Crippen LogP contribution is 2.38. The molecule has 4 aromatic rings. The summed E-state index contributed by atoms with van der Waals surface area (Å²) in [6.07, 6.45) is 2.85. The number of hydrogen-bond acceptors (Lipinski definition) is 8. The lowest BCUT2D eigenvalue weighted by atomic mass is 9.93. The van der Waals surface area contributed by atoms with E-state index in [2.05, 4.69) is 0 Å². The van der Waals surface area contributed by atoms with Gasteiger partial charge in [0.15, 0.2) is 4.80 Å². The number of halogens is 1. The molecule has 5 rings (SSSR count). The fraction of sp³-hybridized carbons (Fsp3) is 0.250. The van der Waals surface area contributed by atoms with Crippen LogP contribution < -0.4 is 19.6 Å². The Morgan fingerprint density at radius 1 is 1.16 bits per heavy atom. The zero-order chi connectivity index (χ0) is 30.8. The number of thiazole rings is 1. The molecule has 0 amide bonds. The van der Waals surface area contributed by atoms with Crippen molar-refractivity contribution in [2.75, 3.05) is 13.7 Å². The minimum absolute atomic E-state index is 0.158. The third-order valence-corrected chi connectivity index (χ3v) is 8.24. The number of allylic oxidation sites excluding steroid dienone is 1. The van der Waals surface area contributed by atoms with Crippen molar-refractivity contribution in [1.82, 2.24) is 4.57 Å². The molecule has 1 aliphatic heterocycles. The summed E-state index contributed by atoms with van der Waals surface area (Å²) in [4.78, 5) is 44.0. The second-order valence-electron chi connectivity index (χ2n) is 9.84. The number of aromatic nitrogens is 1. The molecule has 0 fully saturated rings. The molecule has 0 saturated heterocycles. The second kappa shape index (κ2) is 12.4. The molecule has 0 unspecified atom stereocenters. The number of aryl methyl sites for hydroxylation is 1. The number of carbonyl (C=O) groups excluding carboxylic acids is 1. The van der Waals surface area contributed by atoms with E-state index < -0.39 is 18.0 Å². The van der Waals surface area contributed by atoms with Gasteiger partial charge in [-0.2, -0.15) is 0 Å². The third-order valence-electron chi connectivity index (χ3n) is 7.02. The number of aromatic carboxylic acids is 1. The van der Waals surface area contributed by atoms with Crippen molar-refractivity contribution in [3.63, 3.8) is 0 Å². The van der Waals surface area contributed by atoms with Gasteiger partial charge in [0.05, 0.1) is 35.1 Å². The van der Waals surface area contributed by atoms with E-state index in [1.54, 1.807) is 62.4 Å². The maximum Gasteiger partial charge on any atom is 0.338 e. The number of carboxylic acid groups (broad SMARTS) is 1. The van der Waals surface area contributed by atoms with Crippen LogP contribution in [-0.4, -0.2) is 35.3 Å². The molecule has 1 N–H and O–H groups in total. The minimum atomic E-state index is -1.01. The van der Waals surface area contributed by atoms with Gasteiger partial charge in [-0.05, 0) is 68.3 Å². The number of methoxy groups -OCH3 is 1. The van der Waals surface area contributed by atoms with Crippen LogP contribution in [-0.2, 0) is 9.53 Å². The van der Waals surface area contributed by atoms with Crippen molar-refractivity contribution in [2.45, 2.75) is 39.7 Å². The van der Waals surface area contributed by atoms with Gasteiger partial charge in [-0.1, -0.05) is 42.3 Å². The van der Waals surface area contributed by atoms with Gasteiger partial charge in [0.2, 0.25) is 0 Å². The number of benzene rings is 2. The molecule has 1 atom stereocenters. The van der Waals surface area contributed by atoms with Crippen LogP contribution in [0.4, 0.5) is 0 Å². The molecule has 11 heteroatoms. The van der Waals surface area contributed by atoms with E-state index in [-0.39, 0.29) is 23.3 Å². The summed E-state index contributed by atoms with van der Waals surface area (Å²) in [5.74, 6) is -0.145. The van der Waals surface area contributed by atoms with Crippen LogP contribution in [0, 0.1) is 6.92 Å². The van der Waals surface area contributed by atoms with Crippen LogP contribution in [0.3, 0.4) is 0 Å². The van der Waals surface area contributed by atoms with E-state index in [4.69, 9.17) is 30.5 Å². The molecule has 0 saturated carbocycles. The number of fused-ring (bicyclic) bond motifs is 1. The standard InChI is InChI=1S/C32H29ClN2O7S/c1-5-7-23-27(31(39)41-6-2)28(22-15-19(33)9-12-24(22)40-4)35-29(36)26(43-32(35)34-23)16-20-10-13-25(42-20)21-11-8-18(30(37)38)14-17(21)3/h8-16,28H,5-7H2,1-4H3,(H,37,38)/b26-16+/t28-/m0/s1. The quantitative estimate of drug-likeness (QED) is 0.245. The Hall–Kier alpha value is -4.41. The Kier molecular flexibility index (Phi) is 8.70. The lowest BCUT2D eigenvalue weighted by Gasteiger charge is -2.27. The molecule has 43 heavy (non-hydrogen) atoms. The number of furan rings is 1. The number of carbonyl (C=O) groups is 2. The third kappa shape index (κ3) is 5.80. The van der Waals surface area contributed by atoms with E-state index in [1.807, 2.05) is 6.92 Å². The molecule has 2 aromatic carbocycles. The summed E-state index contributed by atoms with van der Waals surface area (Å²) in [7, 11) is 1.52. The van der Waals surface area contributed by atoms with Gasteiger partial charge in [-0.15, -0.1) is 0 Å². The van der Waals surface area contributed by atoms with Crippen LogP contribution in [0.2, 0.25) is 5.02 Å². The lowest BCUT2D eigenvalue weighted by Crippen LogP contribution is -2.40. The molecule has 0 bridgehead atoms. The van der Waals surface area contributed by atoms with Crippen molar-refractivity contribution >= 4 is 41.0 Å². The van der Waals surface area contributed by atoms with E-state index >= 15 is 0 Å². The average molecular weight is 621 g/mol. The first-order valence-electron chi connectivity index (χ1n) is 13.7. The predicted molar refractivity (Wildman–Crippen MR) is 163 cm³/mol. The topological polar surface area (TPSA) is 120 Å². The Morgan fingerprint density at radius 2 is 1.95 bits per heavy atom. The molecule has 0 aliphatic carbocycles. The monoisotopic (exact) mass is 620 g/mol. The minimum Gasteiger partial charge on any atom is -0.496 e. The van der Waals surface area contributed by atoms with Gasteiger partial charge in [-0.25, -0.2) is 14.6 Å². The van der Waals surface area contributed by atoms with E-state index in [0.717, 1.165) is 17.5 Å². The Labute approximate surface area is 256 Å². The SMILES string of the molecule is CCCC1=C(C(=O)OCC)[C@H](c2cc(Cl)ccc2OC)n2c(s/c(=C/c3ccc(-c4ccc(C(=O)O)cc4C)o3)c2=O)=N1. The molecule has 2 aromatic heterocycles. The molecular weight excluding hydrogens is 592 g/mol. The molecule has 0 spiro atoms. The number of esters is 1. The molecular formula is C32H29ClN2O7S. The largest absolute Gasteiger partial charge is 0.496 e. The zero-order valence-electron chi connectivity index (χ0n) is 24.0. The summed E-state index contributed by atoms with van der Waals surface area (Å²) in [5.41, 5.74) is 2.64. The van der Waals surface area contributed by atoms with Gasteiger partial charge in [0.25, 0.3) is 5.56 Å². The molecule has 9 nitrogen and oxygen atoms in total. The molecule has 3 heterocycles. The summed E-state index contributed by atoms with van der Waals surface area (Å²) in [5, 5.41) is 9.70. The van der Waals surface area contributed by atoms with E-state index in [1.165, 1.54) is 29.1 Å².